The summed E-state index contributed by atoms with van der Waals surface area (Å²) in [6, 6.07) is 21.7. The minimum Gasteiger partial charge on any atom is -0.274 e. The van der Waals surface area contributed by atoms with Crippen LogP contribution in [0.4, 0.5) is 18.9 Å². The molecule has 0 spiro atoms. The van der Waals surface area contributed by atoms with E-state index in [1.807, 2.05) is 42.5 Å². The Bertz CT molecular complexity index is 1340. The topological polar surface area (TPSA) is 33.2 Å². The Morgan fingerprint density at radius 1 is 0.839 bits per heavy atom. The number of fused-ring (bicyclic) bond motifs is 2. The molecule has 6 heteroatoms. The molecule has 0 N–H and O–H groups in total. The molecule has 2 heterocycles. The lowest BCUT2D eigenvalue weighted by molar-refractivity contribution is -0.137. The summed E-state index contributed by atoms with van der Waals surface area (Å²) in [6.07, 6.45) is -1.10. The zero-order valence-electron chi connectivity index (χ0n) is 16.1. The molecule has 0 aliphatic carbocycles. The molecule has 5 rings (SSSR count). The molecule has 31 heavy (non-hydrogen) atoms. The number of rotatable bonds is 2. The number of para-hydroxylation sites is 1. The van der Waals surface area contributed by atoms with Crippen LogP contribution in [0, 0.1) is 0 Å². The number of pyridine rings is 1. The predicted octanol–water partition coefficient (Wildman–Crippen LogP) is 6.41. The van der Waals surface area contributed by atoms with Gasteiger partial charge in [0.25, 0.3) is 5.91 Å². The Kier molecular flexibility index (Phi) is 4.36. The van der Waals surface area contributed by atoms with E-state index < -0.39 is 17.6 Å². The summed E-state index contributed by atoms with van der Waals surface area (Å²) >= 11 is 0. The fraction of sp³-hybridized carbons (Fsp3) is 0.0400. The number of carbonyl (C=O) groups is 1. The summed E-state index contributed by atoms with van der Waals surface area (Å²) in [7, 11) is 0. The molecule has 0 atom stereocenters. The summed E-state index contributed by atoms with van der Waals surface area (Å²) in [5.74, 6) is -0.513. The van der Waals surface area contributed by atoms with Gasteiger partial charge in [-0.2, -0.15) is 13.2 Å². The monoisotopic (exact) mass is 416 g/mol. The van der Waals surface area contributed by atoms with E-state index in [1.54, 1.807) is 30.5 Å². The van der Waals surface area contributed by atoms with Crippen LogP contribution in [0.25, 0.3) is 22.7 Å². The third-order valence-electron chi connectivity index (χ3n) is 5.25. The van der Waals surface area contributed by atoms with Crippen LogP contribution < -0.4 is 4.90 Å². The average Bonchev–Trinajstić information content (AvgIpc) is 3.04. The van der Waals surface area contributed by atoms with Crippen molar-refractivity contribution >= 4 is 34.3 Å². The highest BCUT2D eigenvalue weighted by Crippen LogP contribution is 2.42. The van der Waals surface area contributed by atoms with Crippen LogP contribution in [0.15, 0.2) is 85.1 Å². The number of carbonyl (C=O) groups excluding carboxylic acids is 1. The van der Waals surface area contributed by atoms with Gasteiger partial charge in [-0.25, -0.2) is 0 Å². The van der Waals surface area contributed by atoms with Gasteiger partial charge in [0.1, 0.15) is 0 Å². The van der Waals surface area contributed by atoms with Crippen molar-refractivity contribution in [2.24, 2.45) is 0 Å². The Morgan fingerprint density at radius 2 is 1.61 bits per heavy atom. The van der Waals surface area contributed by atoms with Gasteiger partial charge in [-0.3, -0.25) is 14.7 Å². The highest BCUT2D eigenvalue weighted by Gasteiger charge is 2.38. The Morgan fingerprint density at radius 3 is 2.39 bits per heavy atom. The van der Waals surface area contributed by atoms with E-state index in [0.29, 0.717) is 22.5 Å². The Balaban J connectivity index is 1.76. The number of aromatic nitrogens is 1. The second-order valence-electron chi connectivity index (χ2n) is 7.19. The molecule has 0 radical (unpaired) electrons. The number of anilines is 1. The first-order valence-corrected chi connectivity index (χ1v) is 9.60. The zero-order valence-corrected chi connectivity index (χ0v) is 16.1. The molecule has 3 aromatic carbocycles. The first kappa shape index (κ1) is 19.1. The molecule has 3 nitrogen and oxygen atoms in total. The number of alkyl halides is 3. The zero-order chi connectivity index (χ0) is 21.6. The van der Waals surface area contributed by atoms with E-state index in [4.69, 9.17) is 0 Å². The fourth-order valence-corrected chi connectivity index (χ4v) is 3.83. The SMILES string of the molecule is O=C1c2cc(C(F)(F)F)ccc2/C(=C\c2ccccc2)N1c1cccc2cccnc12. The molecule has 0 saturated heterocycles. The van der Waals surface area contributed by atoms with Crippen LogP contribution in [0.3, 0.4) is 0 Å². The fourth-order valence-electron chi connectivity index (χ4n) is 3.83. The van der Waals surface area contributed by atoms with Crippen molar-refractivity contribution < 1.29 is 18.0 Å². The molecule has 1 aliphatic heterocycles. The predicted molar refractivity (Wildman–Crippen MR) is 114 cm³/mol. The maximum absolute atomic E-state index is 13.4. The maximum atomic E-state index is 13.4. The number of amides is 1. The van der Waals surface area contributed by atoms with Crippen molar-refractivity contribution in [3.63, 3.8) is 0 Å². The number of benzene rings is 3. The maximum Gasteiger partial charge on any atom is 0.416 e. The summed E-state index contributed by atoms with van der Waals surface area (Å²) in [5, 5.41) is 0.832. The average molecular weight is 416 g/mol. The summed E-state index contributed by atoms with van der Waals surface area (Å²) in [6.45, 7) is 0. The molecule has 0 bridgehead atoms. The summed E-state index contributed by atoms with van der Waals surface area (Å²) in [5.41, 5.74) is 2.09. The van der Waals surface area contributed by atoms with Crippen molar-refractivity contribution in [2.75, 3.05) is 4.90 Å². The van der Waals surface area contributed by atoms with Crippen LogP contribution >= 0.6 is 0 Å². The molecule has 0 unspecified atom stereocenters. The van der Waals surface area contributed by atoms with Crippen LogP contribution in [0.5, 0.6) is 0 Å². The summed E-state index contributed by atoms with van der Waals surface area (Å²) in [4.78, 5) is 19.3. The minimum absolute atomic E-state index is 0.0185. The molecule has 0 fully saturated rings. The van der Waals surface area contributed by atoms with Crippen molar-refractivity contribution in [2.45, 2.75) is 6.18 Å². The van der Waals surface area contributed by atoms with Crippen LogP contribution in [0.1, 0.15) is 27.0 Å². The summed E-state index contributed by atoms with van der Waals surface area (Å²) < 4.78 is 39.9. The number of hydrogen-bond acceptors (Lipinski definition) is 2. The Labute approximate surface area is 176 Å². The van der Waals surface area contributed by atoms with Gasteiger partial charge in [0.2, 0.25) is 0 Å². The first-order valence-electron chi connectivity index (χ1n) is 9.60. The largest absolute Gasteiger partial charge is 0.416 e. The van der Waals surface area contributed by atoms with E-state index in [9.17, 15) is 18.0 Å². The van der Waals surface area contributed by atoms with Crippen molar-refractivity contribution in [3.8, 4) is 0 Å². The molecular weight excluding hydrogens is 401 g/mol. The molecule has 1 amide bonds. The van der Waals surface area contributed by atoms with Gasteiger partial charge >= 0.3 is 6.18 Å². The molecule has 0 saturated carbocycles. The van der Waals surface area contributed by atoms with Gasteiger partial charge in [0.15, 0.2) is 0 Å². The third-order valence-corrected chi connectivity index (χ3v) is 5.25. The number of nitrogens with zero attached hydrogens (tertiary/aromatic N) is 2. The molecule has 1 aliphatic rings. The standard InChI is InChI=1S/C25H15F3N2O/c26-25(27,28)18-11-12-19-20(15-18)24(31)30(22(19)14-16-6-2-1-3-7-16)21-10-4-8-17-9-5-13-29-23(17)21/h1-15H/b22-14+. The van der Waals surface area contributed by atoms with Crippen molar-refractivity contribution in [1.29, 1.82) is 0 Å². The normalized spacial score (nSPS) is 15.0. The highest BCUT2D eigenvalue weighted by molar-refractivity contribution is 6.26. The van der Waals surface area contributed by atoms with E-state index in [2.05, 4.69) is 4.98 Å². The molecular formula is C25H15F3N2O. The first-order chi connectivity index (χ1) is 14.9. The lowest BCUT2D eigenvalue weighted by Crippen LogP contribution is -2.23. The van der Waals surface area contributed by atoms with Crippen molar-refractivity contribution in [1.82, 2.24) is 4.98 Å². The molecule has 4 aromatic rings. The smallest absolute Gasteiger partial charge is 0.274 e. The molecule has 152 valence electrons. The van der Waals surface area contributed by atoms with E-state index in [0.717, 1.165) is 23.1 Å². The highest BCUT2D eigenvalue weighted by atomic mass is 19.4. The number of halogens is 3. The van der Waals surface area contributed by atoms with E-state index in [1.165, 1.54) is 11.0 Å². The van der Waals surface area contributed by atoms with Gasteiger partial charge in [-0.05, 0) is 35.9 Å². The minimum atomic E-state index is -4.53. The molecule has 1 aromatic heterocycles. The van der Waals surface area contributed by atoms with Gasteiger partial charge in [0.05, 0.1) is 28.0 Å². The second-order valence-corrected chi connectivity index (χ2v) is 7.19. The van der Waals surface area contributed by atoms with Crippen LogP contribution in [0.2, 0.25) is 0 Å². The quantitative estimate of drug-likeness (QED) is 0.378. The van der Waals surface area contributed by atoms with Crippen LogP contribution in [-0.2, 0) is 6.18 Å². The lowest BCUT2D eigenvalue weighted by atomic mass is 10.0. The van der Waals surface area contributed by atoms with Gasteiger partial charge < -0.3 is 0 Å². The third kappa shape index (κ3) is 3.26. The second kappa shape index (κ2) is 7.09. The lowest BCUT2D eigenvalue weighted by Gasteiger charge is -2.20. The van der Waals surface area contributed by atoms with E-state index >= 15 is 0 Å². The van der Waals surface area contributed by atoms with Gasteiger partial charge in [-0.15, -0.1) is 0 Å². The van der Waals surface area contributed by atoms with Gasteiger partial charge in [-0.1, -0.05) is 54.6 Å². The number of hydrogen-bond donors (Lipinski definition) is 0. The van der Waals surface area contributed by atoms with Gasteiger partial charge in [0, 0.05) is 17.1 Å². The van der Waals surface area contributed by atoms with E-state index in [-0.39, 0.29) is 5.56 Å². The Hall–Kier alpha value is -3.93. The van der Waals surface area contributed by atoms with Crippen LogP contribution in [-0.4, -0.2) is 10.9 Å². The van der Waals surface area contributed by atoms with Crippen molar-refractivity contribution in [3.05, 3.63) is 107 Å².